The van der Waals surface area contributed by atoms with Crippen LogP contribution >= 0.6 is 11.8 Å². The van der Waals surface area contributed by atoms with Crippen molar-refractivity contribution in [1.29, 1.82) is 0 Å². The largest absolute Gasteiger partial charge is 0.294 e. The number of rotatable bonds is 5. The molecule has 20 heavy (non-hydrogen) atoms. The van der Waals surface area contributed by atoms with Crippen LogP contribution in [-0.2, 0) is 0 Å². The van der Waals surface area contributed by atoms with E-state index in [9.17, 15) is 4.79 Å². The van der Waals surface area contributed by atoms with E-state index in [2.05, 4.69) is 18.9 Å². The zero-order valence-electron chi connectivity index (χ0n) is 12.1. The van der Waals surface area contributed by atoms with E-state index in [4.69, 9.17) is 11.8 Å². The van der Waals surface area contributed by atoms with Crippen molar-refractivity contribution in [3.63, 3.8) is 0 Å². The number of amidine groups is 1. The van der Waals surface area contributed by atoms with Gasteiger partial charge in [-0.1, -0.05) is 32.9 Å². The summed E-state index contributed by atoms with van der Waals surface area (Å²) in [6.07, 6.45) is 1.31. The number of benzene rings is 1. The van der Waals surface area contributed by atoms with Gasteiger partial charge in [-0.3, -0.25) is 4.79 Å². The number of halogens is 1. The molecule has 1 aromatic carbocycles. The molecule has 0 bridgehead atoms. The molecule has 5 heteroatoms. The number of nitrogens with zero attached hydrogens (tertiary/aromatic N) is 3. The number of hydrazone groups is 1. The molecule has 0 N–H and O–H groups in total. The molecule has 1 aromatic rings. The molecule has 0 radical (unpaired) electrons. The molecule has 0 aliphatic carbocycles. The van der Waals surface area contributed by atoms with Crippen molar-refractivity contribution < 1.29 is 4.79 Å². The maximum atomic E-state index is 12.0. The van der Waals surface area contributed by atoms with Gasteiger partial charge >= 0.3 is 0 Å². The maximum Gasteiger partial charge on any atom is 0.164 e. The van der Waals surface area contributed by atoms with Gasteiger partial charge in [0.1, 0.15) is 12.5 Å². The summed E-state index contributed by atoms with van der Waals surface area (Å²) >= 11 is 6.21. The minimum Gasteiger partial charge on any atom is -0.294 e. The predicted molar refractivity (Wildman–Crippen MR) is 83.0 cm³/mol. The lowest BCUT2D eigenvalue weighted by Gasteiger charge is -2.17. The second-order valence-corrected chi connectivity index (χ2v) is 5.72. The van der Waals surface area contributed by atoms with Crippen molar-refractivity contribution in [3.8, 4) is 0 Å². The average molecular weight is 294 g/mol. The van der Waals surface area contributed by atoms with Crippen LogP contribution in [0.5, 0.6) is 0 Å². The van der Waals surface area contributed by atoms with Gasteiger partial charge in [-0.2, -0.15) is 5.10 Å². The number of ketones is 1. The summed E-state index contributed by atoms with van der Waals surface area (Å²) in [6, 6.07) is 7.54. The molecule has 1 aliphatic heterocycles. The molecule has 0 aromatic heterocycles. The molecule has 0 amide bonds. The highest BCUT2D eigenvalue weighted by atomic mass is 35.5. The fourth-order valence-corrected chi connectivity index (χ4v) is 2.38. The standard InChI is InChI=1S/C15H20ClN3O/c1-4-14(20)12-7-5-6-8-13(12)19-10-18(16)15(17-19)9-11(2)3/h5-8,11H,4,9-10H2,1-3H3. The van der Waals surface area contributed by atoms with Crippen LogP contribution < -0.4 is 5.01 Å². The average Bonchev–Trinajstić information content (AvgIpc) is 2.78. The molecule has 0 saturated carbocycles. The fourth-order valence-electron chi connectivity index (χ4n) is 2.18. The van der Waals surface area contributed by atoms with Crippen molar-refractivity contribution in [2.75, 3.05) is 11.7 Å². The first-order chi connectivity index (χ1) is 9.52. The van der Waals surface area contributed by atoms with Crippen LogP contribution in [0.25, 0.3) is 0 Å². The summed E-state index contributed by atoms with van der Waals surface area (Å²) in [5.74, 6) is 1.46. The minimum atomic E-state index is 0.120. The van der Waals surface area contributed by atoms with Gasteiger partial charge in [-0.15, -0.1) is 0 Å². The van der Waals surface area contributed by atoms with Gasteiger partial charge in [0.15, 0.2) is 5.78 Å². The van der Waals surface area contributed by atoms with Gasteiger partial charge in [-0.05, 0) is 18.1 Å². The van der Waals surface area contributed by atoms with Gasteiger partial charge in [-0.25, -0.2) is 9.43 Å². The summed E-state index contributed by atoms with van der Waals surface area (Å²) in [7, 11) is 0. The minimum absolute atomic E-state index is 0.120. The number of hydrogen-bond donors (Lipinski definition) is 0. The lowest BCUT2D eigenvalue weighted by Crippen LogP contribution is -2.24. The zero-order chi connectivity index (χ0) is 14.7. The Hall–Kier alpha value is -1.55. The van der Waals surface area contributed by atoms with Crippen LogP contribution in [0.4, 0.5) is 5.69 Å². The number of para-hydroxylation sites is 1. The molecule has 1 heterocycles. The molecular formula is C15H20ClN3O. The van der Waals surface area contributed by atoms with Crippen LogP contribution in [0, 0.1) is 5.92 Å². The monoisotopic (exact) mass is 293 g/mol. The van der Waals surface area contributed by atoms with Crippen molar-refractivity contribution >= 4 is 29.1 Å². The predicted octanol–water partition coefficient (Wildman–Crippen LogP) is 3.87. The lowest BCUT2D eigenvalue weighted by atomic mass is 10.1. The molecular weight excluding hydrogens is 274 g/mol. The number of carbonyl (C=O) groups is 1. The normalized spacial score (nSPS) is 14.9. The van der Waals surface area contributed by atoms with E-state index in [0.717, 1.165) is 17.9 Å². The van der Waals surface area contributed by atoms with E-state index >= 15 is 0 Å². The quantitative estimate of drug-likeness (QED) is 0.611. The zero-order valence-corrected chi connectivity index (χ0v) is 12.9. The van der Waals surface area contributed by atoms with Crippen molar-refractivity contribution in [3.05, 3.63) is 29.8 Å². The molecule has 0 atom stereocenters. The van der Waals surface area contributed by atoms with E-state index in [1.807, 2.05) is 31.2 Å². The second-order valence-electron chi connectivity index (χ2n) is 5.31. The van der Waals surface area contributed by atoms with E-state index in [-0.39, 0.29) is 5.78 Å². The molecule has 2 rings (SSSR count). The Morgan fingerprint density at radius 1 is 1.40 bits per heavy atom. The molecule has 4 nitrogen and oxygen atoms in total. The summed E-state index contributed by atoms with van der Waals surface area (Å²) in [5, 5.41) is 6.35. The summed E-state index contributed by atoms with van der Waals surface area (Å²) in [5.41, 5.74) is 1.53. The maximum absolute atomic E-state index is 12.0. The molecule has 0 spiro atoms. The van der Waals surface area contributed by atoms with Crippen LogP contribution in [-0.4, -0.2) is 22.7 Å². The SMILES string of the molecule is CCC(=O)c1ccccc1N1CN(Cl)C(CC(C)C)=N1. The third-order valence-electron chi connectivity index (χ3n) is 3.17. The Labute approximate surface area is 125 Å². The highest BCUT2D eigenvalue weighted by Crippen LogP contribution is 2.27. The Balaban J connectivity index is 2.29. The van der Waals surface area contributed by atoms with E-state index in [1.54, 1.807) is 9.43 Å². The summed E-state index contributed by atoms with van der Waals surface area (Å²) < 4.78 is 1.62. The Morgan fingerprint density at radius 3 is 2.75 bits per heavy atom. The van der Waals surface area contributed by atoms with Gasteiger partial charge in [0.2, 0.25) is 0 Å². The number of hydrogen-bond acceptors (Lipinski definition) is 4. The molecule has 0 fully saturated rings. The van der Waals surface area contributed by atoms with Gasteiger partial charge in [0.25, 0.3) is 0 Å². The number of carbonyl (C=O) groups excluding carboxylic acids is 1. The van der Waals surface area contributed by atoms with Crippen LogP contribution in [0.1, 0.15) is 44.0 Å². The van der Waals surface area contributed by atoms with Crippen molar-refractivity contribution in [2.24, 2.45) is 11.0 Å². The first-order valence-corrected chi connectivity index (χ1v) is 7.27. The first-order valence-electron chi connectivity index (χ1n) is 6.93. The van der Waals surface area contributed by atoms with Gasteiger partial charge < -0.3 is 0 Å². The highest BCUT2D eigenvalue weighted by molar-refractivity contribution is 6.23. The fraction of sp³-hybridized carbons (Fsp3) is 0.467. The van der Waals surface area contributed by atoms with Gasteiger partial charge in [0, 0.05) is 30.2 Å². The van der Waals surface area contributed by atoms with Crippen LogP contribution in [0.2, 0.25) is 0 Å². The number of anilines is 1. The number of Topliss-reactive ketones (excluding diaryl/α,β-unsaturated/α-hetero) is 1. The first kappa shape index (κ1) is 14.9. The van der Waals surface area contributed by atoms with Crippen molar-refractivity contribution in [2.45, 2.75) is 33.6 Å². The lowest BCUT2D eigenvalue weighted by molar-refractivity contribution is 0.0988. The Morgan fingerprint density at radius 2 is 2.10 bits per heavy atom. The smallest absolute Gasteiger partial charge is 0.164 e. The Bertz CT molecular complexity index is 528. The molecule has 0 saturated heterocycles. The highest BCUT2D eigenvalue weighted by Gasteiger charge is 2.25. The molecule has 1 aliphatic rings. The molecule has 0 unspecified atom stereocenters. The van der Waals surface area contributed by atoms with Crippen LogP contribution in [0.15, 0.2) is 29.4 Å². The topological polar surface area (TPSA) is 35.9 Å². The van der Waals surface area contributed by atoms with E-state index in [1.165, 1.54) is 0 Å². The summed E-state index contributed by atoms with van der Waals surface area (Å²) in [6.45, 7) is 6.59. The third kappa shape index (κ3) is 3.12. The van der Waals surface area contributed by atoms with E-state index < -0.39 is 0 Å². The third-order valence-corrected chi connectivity index (χ3v) is 3.47. The second kappa shape index (κ2) is 6.27. The Kier molecular flexibility index (Phi) is 4.65. The van der Waals surface area contributed by atoms with Crippen LogP contribution in [0.3, 0.4) is 0 Å². The van der Waals surface area contributed by atoms with Gasteiger partial charge in [0.05, 0.1) is 5.69 Å². The van der Waals surface area contributed by atoms with E-state index in [0.29, 0.717) is 24.6 Å². The van der Waals surface area contributed by atoms with Crippen molar-refractivity contribution in [1.82, 2.24) is 4.42 Å². The summed E-state index contributed by atoms with van der Waals surface area (Å²) in [4.78, 5) is 12.0. The molecule has 108 valence electrons.